The fourth-order valence-corrected chi connectivity index (χ4v) is 0.508. The Bertz CT molecular complexity index is 138. The lowest BCUT2D eigenvalue weighted by atomic mass is 10.0. The highest BCUT2D eigenvalue weighted by atomic mass is 14.0. The average molecular weight is 166 g/mol. The molecule has 0 atom stereocenters. The molecule has 0 aromatic heterocycles. The van der Waals surface area contributed by atoms with Crippen LogP contribution >= 0.6 is 0 Å². The van der Waals surface area contributed by atoms with E-state index in [-0.39, 0.29) is 0 Å². The highest BCUT2D eigenvalue weighted by Crippen LogP contribution is 2.09. The van der Waals surface area contributed by atoms with E-state index in [2.05, 4.69) is 59.6 Å². The van der Waals surface area contributed by atoms with E-state index in [4.69, 9.17) is 0 Å². The van der Waals surface area contributed by atoms with Crippen molar-refractivity contribution in [3.63, 3.8) is 0 Å². The first kappa shape index (κ1) is 13.8. The Balaban J connectivity index is 0. The van der Waals surface area contributed by atoms with Gasteiger partial charge in [0.15, 0.2) is 0 Å². The first-order valence-electron chi connectivity index (χ1n) is 4.41. The van der Waals surface area contributed by atoms with Gasteiger partial charge in [0.25, 0.3) is 0 Å². The van der Waals surface area contributed by atoms with Gasteiger partial charge in [-0.1, -0.05) is 52.0 Å². The van der Waals surface area contributed by atoms with Gasteiger partial charge in [0.2, 0.25) is 0 Å². The Morgan fingerprint density at radius 2 is 1.50 bits per heavy atom. The van der Waals surface area contributed by atoms with Crippen LogP contribution in [0.1, 0.15) is 27.7 Å². The Labute approximate surface area is 77.7 Å². The fourth-order valence-electron chi connectivity index (χ4n) is 0.508. The van der Waals surface area contributed by atoms with Crippen LogP contribution < -0.4 is 0 Å². The van der Waals surface area contributed by atoms with E-state index in [1.54, 1.807) is 0 Å². The second kappa shape index (κ2) is 8.32. The molecule has 70 valence electrons. The van der Waals surface area contributed by atoms with Gasteiger partial charge < -0.3 is 0 Å². The molecule has 0 aromatic carbocycles. The molecule has 0 heterocycles. The molecule has 0 spiro atoms. The van der Waals surface area contributed by atoms with Gasteiger partial charge in [-0.25, -0.2) is 0 Å². The van der Waals surface area contributed by atoms with Crippen molar-refractivity contribution in [1.82, 2.24) is 0 Å². The monoisotopic (exact) mass is 166 g/mol. The van der Waals surface area contributed by atoms with Crippen molar-refractivity contribution < 1.29 is 0 Å². The maximum atomic E-state index is 3.94. The largest absolute Gasteiger partial charge is 0.106 e. The first-order valence-corrected chi connectivity index (χ1v) is 4.41. The van der Waals surface area contributed by atoms with Crippen LogP contribution in [-0.2, 0) is 0 Å². The maximum Gasteiger partial charge on any atom is -0.0225 e. The molecular weight excluding hydrogens is 144 g/mol. The standard InChI is InChI=1S/C10H18.C2H4/c1-8(2)6-7-10(5)9(3)4;1-2/h6-9H,5H2,1-4H3;1-2H2/b7-6-;. The van der Waals surface area contributed by atoms with Gasteiger partial charge in [0, 0.05) is 0 Å². The molecule has 0 aliphatic heterocycles. The van der Waals surface area contributed by atoms with Crippen molar-refractivity contribution in [2.45, 2.75) is 27.7 Å². The second-order valence-corrected chi connectivity index (χ2v) is 3.33. The molecule has 0 N–H and O–H groups in total. The van der Waals surface area contributed by atoms with Crippen molar-refractivity contribution in [2.75, 3.05) is 0 Å². The highest BCUT2D eigenvalue weighted by Gasteiger charge is 1.93. The van der Waals surface area contributed by atoms with Gasteiger partial charge in [-0.05, 0) is 11.8 Å². The average Bonchev–Trinajstić information content (AvgIpc) is 2.03. The minimum Gasteiger partial charge on any atom is -0.106 e. The number of hydrogen-bond donors (Lipinski definition) is 0. The Hall–Kier alpha value is -0.780. The molecule has 0 radical (unpaired) electrons. The van der Waals surface area contributed by atoms with E-state index in [0.29, 0.717) is 11.8 Å². The summed E-state index contributed by atoms with van der Waals surface area (Å²) in [6.07, 6.45) is 4.30. The van der Waals surface area contributed by atoms with Crippen LogP contribution in [-0.4, -0.2) is 0 Å². The number of rotatable bonds is 3. The lowest BCUT2D eigenvalue weighted by molar-refractivity contribution is 0.783. The van der Waals surface area contributed by atoms with E-state index in [1.165, 1.54) is 5.57 Å². The first-order chi connectivity index (χ1) is 5.54. The Kier molecular flexibility index (Phi) is 9.56. The fraction of sp³-hybridized carbons (Fsp3) is 0.500. The second-order valence-electron chi connectivity index (χ2n) is 3.33. The van der Waals surface area contributed by atoms with Crippen LogP contribution in [0.15, 0.2) is 37.5 Å². The molecule has 0 fully saturated rings. The molecule has 0 heteroatoms. The molecule has 0 saturated heterocycles. The third-order valence-corrected chi connectivity index (χ3v) is 1.44. The quantitative estimate of drug-likeness (QED) is 0.435. The molecule has 0 rings (SSSR count). The van der Waals surface area contributed by atoms with Gasteiger partial charge in [-0.15, -0.1) is 13.2 Å². The van der Waals surface area contributed by atoms with Gasteiger partial charge in [-0.2, -0.15) is 0 Å². The summed E-state index contributed by atoms with van der Waals surface area (Å²) < 4.78 is 0. The molecule has 0 unspecified atom stereocenters. The van der Waals surface area contributed by atoms with Gasteiger partial charge >= 0.3 is 0 Å². The number of allylic oxidation sites excluding steroid dienone is 3. The minimum absolute atomic E-state index is 0.579. The van der Waals surface area contributed by atoms with Gasteiger partial charge in [0.05, 0.1) is 0 Å². The zero-order chi connectivity index (χ0) is 10.1. The van der Waals surface area contributed by atoms with Crippen molar-refractivity contribution in [3.8, 4) is 0 Å². The Morgan fingerprint density at radius 3 is 1.75 bits per heavy atom. The molecule has 0 nitrogen and oxygen atoms in total. The molecule has 12 heavy (non-hydrogen) atoms. The molecule has 0 aliphatic rings. The van der Waals surface area contributed by atoms with Crippen molar-refractivity contribution >= 4 is 0 Å². The zero-order valence-corrected chi connectivity index (χ0v) is 8.93. The molecular formula is C12H22. The van der Waals surface area contributed by atoms with Crippen molar-refractivity contribution in [1.29, 1.82) is 0 Å². The topological polar surface area (TPSA) is 0 Å². The van der Waals surface area contributed by atoms with Crippen LogP contribution in [0.5, 0.6) is 0 Å². The summed E-state index contributed by atoms with van der Waals surface area (Å²) in [5.74, 6) is 1.21. The van der Waals surface area contributed by atoms with Crippen LogP contribution in [0.25, 0.3) is 0 Å². The van der Waals surface area contributed by atoms with Crippen molar-refractivity contribution in [2.24, 2.45) is 11.8 Å². The lowest BCUT2D eigenvalue weighted by Gasteiger charge is -2.03. The van der Waals surface area contributed by atoms with Crippen LogP contribution in [0, 0.1) is 11.8 Å². The third kappa shape index (κ3) is 9.22. The summed E-state index contributed by atoms with van der Waals surface area (Å²) in [6.45, 7) is 18.6. The molecule has 0 bridgehead atoms. The normalized spacial score (nSPS) is 10.2. The molecule has 0 aliphatic carbocycles. The third-order valence-electron chi connectivity index (χ3n) is 1.44. The van der Waals surface area contributed by atoms with Gasteiger partial charge in [-0.3, -0.25) is 0 Å². The smallest absolute Gasteiger partial charge is 0.0225 e. The van der Waals surface area contributed by atoms with Crippen LogP contribution in [0.3, 0.4) is 0 Å². The summed E-state index contributed by atoms with van der Waals surface area (Å²) in [7, 11) is 0. The maximum absolute atomic E-state index is 3.94. The zero-order valence-electron chi connectivity index (χ0n) is 8.93. The van der Waals surface area contributed by atoms with Crippen LogP contribution in [0.4, 0.5) is 0 Å². The predicted molar refractivity (Wildman–Crippen MR) is 59.2 cm³/mol. The van der Waals surface area contributed by atoms with Crippen LogP contribution in [0.2, 0.25) is 0 Å². The number of hydrogen-bond acceptors (Lipinski definition) is 0. The Morgan fingerprint density at radius 1 is 1.08 bits per heavy atom. The molecule has 0 aromatic rings. The van der Waals surface area contributed by atoms with E-state index in [0.717, 1.165) is 0 Å². The summed E-state index contributed by atoms with van der Waals surface area (Å²) in [5, 5.41) is 0. The molecule has 0 saturated carbocycles. The van der Waals surface area contributed by atoms with E-state index >= 15 is 0 Å². The summed E-state index contributed by atoms with van der Waals surface area (Å²) in [5.41, 5.74) is 1.22. The van der Waals surface area contributed by atoms with E-state index < -0.39 is 0 Å². The summed E-state index contributed by atoms with van der Waals surface area (Å²) in [6, 6.07) is 0. The van der Waals surface area contributed by atoms with E-state index in [9.17, 15) is 0 Å². The van der Waals surface area contributed by atoms with Crippen molar-refractivity contribution in [3.05, 3.63) is 37.5 Å². The molecule has 0 amide bonds. The van der Waals surface area contributed by atoms with Gasteiger partial charge in [0.1, 0.15) is 0 Å². The lowest BCUT2D eigenvalue weighted by Crippen LogP contribution is -1.88. The summed E-state index contributed by atoms with van der Waals surface area (Å²) >= 11 is 0. The minimum atomic E-state index is 0.579. The SMILES string of the molecule is C=C.C=C(/C=C\C(C)C)C(C)C. The highest BCUT2D eigenvalue weighted by molar-refractivity contribution is 5.16. The predicted octanol–water partition coefficient (Wildman–Crippen LogP) is 4.21. The van der Waals surface area contributed by atoms with E-state index in [1.807, 2.05) is 0 Å². The summed E-state index contributed by atoms with van der Waals surface area (Å²) in [4.78, 5) is 0.